The molecule has 18 heavy (non-hydrogen) atoms. The van der Waals surface area contributed by atoms with Crippen LogP contribution in [0.1, 0.15) is 18.7 Å². The van der Waals surface area contributed by atoms with Gasteiger partial charge in [-0.25, -0.2) is 8.78 Å². The summed E-state index contributed by atoms with van der Waals surface area (Å²) in [5.41, 5.74) is 0.555. The summed E-state index contributed by atoms with van der Waals surface area (Å²) in [6.45, 7) is 1.62. The van der Waals surface area contributed by atoms with Gasteiger partial charge in [0.15, 0.2) is 0 Å². The Morgan fingerprint density at radius 3 is 2.56 bits per heavy atom. The van der Waals surface area contributed by atoms with Gasteiger partial charge in [-0.1, -0.05) is 11.8 Å². The normalized spacial score (nSPS) is 12.4. The van der Waals surface area contributed by atoms with E-state index in [4.69, 9.17) is 0 Å². The average molecular weight is 267 g/mol. The summed E-state index contributed by atoms with van der Waals surface area (Å²) in [7, 11) is 0. The van der Waals surface area contributed by atoms with Crippen molar-refractivity contribution in [2.24, 2.45) is 0 Å². The highest BCUT2D eigenvalue weighted by Crippen LogP contribution is 2.30. The molecular formula is C13H11F2NOS. The first-order valence-electron chi connectivity index (χ1n) is 5.33. The van der Waals surface area contributed by atoms with E-state index in [1.165, 1.54) is 12.1 Å². The Balaban J connectivity index is 2.18. The summed E-state index contributed by atoms with van der Waals surface area (Å²) in [4.78, 5) is 5.12. The fourth-order valence-electron chi connectivity index (χ4n) is 1.38. The van der Waals surface area contributed by atoms with Crippen molar-refractivity contribution in [2.45, 2.75) is 22.8 Å². The lowest BCUT2D eigenvalue weighted by atomic mass is 10.2. The van der Waals surface area contributed by atoms with E-state index in [1.54, 1.807) is 25.3 Å². The second kappa shape index (κ2) is 5.46. The van der Waals surface area contributed by atoms with Crippen LogP contribution in [-0.2, 0) is 0 Å². The predicted molar refractivity (Wildman–Crippen MR) is 65.4 cm³/mol. The summed E-state index contributed by atoms with van der Waals surface area (Å²) < 4.78 is 26.2. The van der Waals surface area contributed by atoms with Crippen LogP contribution >= 0.6 is 11.8 Å². The first-order chi connectivity index (χ1) is 8.56. The topological polar surface area (TPSA) is 33.1 Å². The Labute approximate surface area is 108 Å². The van der Waals surface area contributed by atoms with E-state index in [9.17, 15) is 13.9 Å². The van der Waals surface area contributed by atoms with Crippen molar-refractivity contribution in [1.82, 2.24) is 4.98 Å². The molecule has 1 aromatic carbocycles. The number of nitrogens with zero attached hydrogens (tertiary/aromatic N) is 1. The van der Waals surface area contributed by atoms with Gasteiger partial charge in [0.05, 0.1) is 11.8 Å². The summed E-state index contributed by atoms with van der Waals surface area (Å²) in [5.74, 6) is -1.20. The molecule has 0 fully saturated rings. The molecular weight excluding hydrogens is 256 g/mol. The Kier molecular flexibility index (Phi) is 3.93. The summed E-state index contributed by atoms with van der Waals surface area (Å²) in [5, 5.41) is 9.31. The molecule has 1 aromatic heterocycles. The monoisotopic (exact) mass is 267 g/mol. The molecule has 0 spiro atoms. The zero-order valence-electron chi connectivity index (χ0n) is 9.60. The van der Waals surface area contributed by atoms with Crippen molar-refractivity contribution in [3.05, 3.63) is 53.9 Å². The number of aliphatic hydroxyl groups is 1. The Bertz CT molecular complexity index is 543. The minimum Gasteiger partial charge on any atom is -0.387 e. The highest BCUT2D eigenvalue weighted by Gasteiger charge is 2.07. The maximum absolute atomic E-state index is 13.4. The number of aromatic nitrogens is 1. The van der Waals surface area contributed by atoms with Gasteiger partial charge in [0, 0.05) is 22.1 Å². The summed E-state index contributed by atoms with van der Waals surface area (Å²) >= 11 is 1.16. The van der Waals surface area contributed by atoms with Crippen molar-refractivity contribution in [2.75, 3.05) is 0 Å². The van der Waals surface area contributed by atoms with E-state index in [-0.39, 0.29) is 0 Å². The average Bonchev–Trinajstić information content (AvgIpc) is 2.33. The van der Waals surface area contributed by atoms with Crippen LogP contribution in [0.4, 0.5) is 8.78 Å². The van der Waals surface area contributed by atoms with Crippen molar-refractivity contribution in [3.63, 3.8) is 0 Å². The van der Waals surface area contributed by atoms with Gasteiger partial charge in [-0.3, -0.25) is 4.98 Å². The van der Waals surface area contributed by atoms with E-state index in [0.717, 1.165) is 22.7 Å². The molecule has 1 atom stereocenters. The second-order valence-electron chi connectivity index (χ2n) is 3.77. The van der Waals surface area contributed by atoms with Crippen LogP contribution in [0, 0.1) is 11.6 Å². The molecule has 2 nitrogen and oxygen atoms in total. The molecule has 0 bridgehead atoms. The number of rotatable bonds is 3. The van der Waals surface area contributed by atoms with Crippen LogP contribution in [0.5, 0.6) is 0 Å². The number of hydrogen-bond acceptors (Lipinski definition) is 3. The largest absolute Gasteiger partial charge is 0.387 e. The highest BCUT2D eigenvalue weighted by molar-refractivity contribution is 7.99. The van der Waals surface area contributed by atoms with Crippen LogP contribution < -0.4 is 0 Å². The molecule has 0 amide bonds. The second-order valence-corrected chi connectivity index (χ2v) is 4.89. The fraction of sp³-hybridized carbons (Fsp3) is 0.154. The molecule has 0 saturated heterocycles. The lowest BCUT2D eigenvalue weighted by molar-refractivity contribution is 0.194. The zero-order valence-corrected chi connectivity index (χ0v) is 10.4. The third kappa shape index (κ3) is 3.05. The van der Waals surface area contributed by atoms with E-state index < -0.39 is 17.7 Å². The van der Waals surface area contributed by atoms with E-state index in [2.05, 4.69) is 4.98 Å². The molecule has 0 aliphatic carbocycles. The third-order valence-electron chi connectivity index (χ3n) is 2.31. The number of pyridine rings is 1. The van der Waals surface area contributed by atoms with Gasteiger partial charge in [0.25, 0.3) is 0 Å². The van der Waals surface area contributed by atoms with Crippen molar-refractivity contribution >= 4 is 11.8 Å². The van der Waals surface area contributed by atoms with Crippen LogP contribution in [0.15, 0.2) is 46.3 Å². The van der Waals surface area contributed by atoms with Crippen LogP contribution in [-0.4, -0.2) is 10.1 Å². The standard InChI is InChI=1S/C13H11F2NOS/c1-8(17)12-4-3-10(7-16-12)18-13-5-2-9(14)6-11(13)15/h2-8,17H,1H3/t8-/m0/s1. The molecule has 0 aliphatic heterocycles. The third-order valence-corrected chi connectivity index (χ3v) is 3.34. The van der Waals surface area contributed by atoms with E-state index in [1.807, 2.05) is 0 Å². The van der Waals surface area contributed by atoms with Gasteiger partial charge in [0.1, 0.15) is 11.6 Å². The van der Waals surface area contributed by atoms with Crippen LogP contribution in [0.25, 0.3) is 0 Å². The molecule has 2 aromatic rings. The zero-order chi connectivity index (χ0) is 13.1. The lowest BCUT2D eigenvalue weighted by Gasteiger charge is -2.06. The molecule has 1 heterocycles. The molecule has 5 heteroatoms. The number of hydrogen-bond donors (Lipinski definition) is 1. The Hall–Kier alpha value is -1.46. The van der Waals surface area contributed by atoms with E-state index in [0.29, 0.717) is 10.6 Å². The highest BCUT2D eigenvalue weighted by atomic mass is 32.2. The van der Waals surface area contributed by atoms with Gasteiger partial charge < -0.3 is 5.11 Å². The van der Waals surface area contributed by atoms with Crippen LogP contribution in [0.3, 0.4) is 0 Å². The summed E-state index contributed by atoms with van der Waals surface area (Å²) in [6.07, 6.45) is 0.918. The molecule has 94 valence electrons. The van der Waals surface area contributed by atoms with Gasteiger partial charge in [-0.05, 0) is 31.2 Å². The molecule has 0 radical (unpaired) electrons. The Morgan fingerprint density at radius 2 is 2.00 bits per heavy atom. The molecule has 1 N–H and O–H groups in total. The summed E-state index contributed by atoms with van der Waals surface area (Å²) in [6, 6.07) is 6.86. The maximum Gasteiger partial charge on any atom is 0.140 e. The SMILES string of the molecule is C[C@H](O)c1ccc(Sc2ccc(F)cc2F)cn1. The van der Waals surface area contributed by atoms with Gasteiger partial charge in [-0.2, -0.15) is 0 Å². The minimum atomic E-state index is -0.633. The first-order valence-corrected chi connectivity index (χ1v) is 6.15. The van der Waals surface area contributed by atoms with Crippen LogP contribution in [0.2, 0.25) is 0 Å². The maximum atomic E-state index is 13.4. The predicted octanol–water partition coefficient (Wildman–Crippen LogP) is 3.56. The van der Waals surface area contributed by atoms with Crippen molar-refractivity contribution in [1.29, 1.82) is 0 Å². The fourth-order valence-corrected chi connectivity index (χ4v) is 2.17. The smallest absolute Gasteiger partial charge is 0.140 e. The molecule has 0 aliphatic rings. The van der Waals surface area contributed by atoms with Crippen molar-refractivity contribution < 1.29 is 13.9 Å². The quantitative estimate of drug-likeness (QED) is 0.923. The Morgan fingerprint density at radius 1 is 1.22 bits per heavy atom. The minimum absolute atomic E-state index is 0.336. The number of benzene rings is 1. The van der Waals surface area contributed by atoms with Gasteiger partial charge >= 0.3 is 0 Å². The number of aliphatic hydroxyl groups excluding tert-OH is 1. The van der Waals surface area contributed by atoms with Gasteiger partial charge in [-0.15, -0.1) is 0 Å². The molecule has 0 saturated carbocycles. The molecule has 2 rings (SSSR count). The number of halogens is 2. The first kappa shape index (κ1) is 13.0. The molecule has 0 unspecified atom stereocenters. The van der Waals surface area contributed by atoms with Crippen molar-refractivity contribution in [3.8, 4) is 0 Å². The lowest BCUT2D eigenvalue weighted by Crippen LogP contribution is -1.94. The van der Waals surface area contributed by atoms with E-state index >= 15 is 0 Å². The van der Waals surface area contributed by atoms with Gasteiger partial charge in [0.2, 0.25) is 0 Å².